The highest BCUT2D eigenvalue weighted by Crippen LogP contribution is 2.32. The maximum absolute atomic E-state index is 12.7. The van der Waals surface area contributed by atoms with Crippen molar-refractivity contribution in [3.63, 3.8) is 0 Å². The largest absolute Gasteiger partial charge is 0.416 e. The van der Waals surface area contributed by atoms with E-state index in [0.717, 1.165) is 40.9 Å². The second-order valence-corrected chi connectivity index (χ2v) is 8.37. The summed E-state index contributed by atoms with van der Waals surface area (Å²) in [6.07, 6.45) is -4.37. The molecule has 0 fully saturated rings. The van der Waals surface area contributed by atoms with Gasteiger partial charge in [-0.05, 0) is 47.5 Å². The van der Waals surface area contributed by atoms with Gasteiger partial charge in [-0.1, -0.05) is 54.1 Å². The molecule has 2 N–H and O–H groups in total. The van der Waals surface area contributed by atoms with E-state index < -0.39 is 11.7 Å². The van der Waals surface area contributed by atoms with Crippen LogP contribution in [-0.4, -0.2) is 23.2 Å². The molecule has 1 atom stereocenters. The van der Waals surface area contributed by atoms with Crippen LogP contribution in [0, 0.1) is 0 Å². The molecule has 4 rings (SSSR count). The third-order valence-electron chi connectivity index (χ3n) is 4.95. The first-order valence-electron chi connectivity index (χ1n) is 9.66. The Kier molecular flexibility index (Phi) is 6.43. The van der Waals surface area contributed by atoms with E-state index in [0.29, 0.717) is 16.5 Å². The van der Waals surface area contributed by atoms with E-state index in [-0.39, 0.29) is 11.9 Å². The van der Waals surface area contributed by atoms with Gasteiger partial charge in [-0.15, -0.1) is 0 Å². The smallest absolute Gasteiger partial charge is 0.368 e. The fourth-order valence-electron chi connectivity index (χ4n) is 3.32. The molecular formula is C23H18ClF3N4S. The fourth-order valence-corrected chi connectivity index (χ4v) is 4.00. The number of hydrogen-bond acceptors (Lipinski definition) is 3. The second kappa shape index (κ2) is 9.26. The highest BCUT2D eigenvalue weighted by molar-refractivity contribution is 7.98. The fraction of sp³-hybridized carbons (Fsp3) is 0.130. The van der Waals surface area contributed by atoms with Gasteiger partial charge in [-0.2, -0.15) is 22.7 Å². The van der Waals surface area contributed by atoms with Crippen LogP contribution in [0.25, 0.3) is 0 Å². The minimum absolute atomic E-state index is 0.0257. The predicted octanol–water partition coefficient (Wildman–Crippen LogP) is 6.18. The summed E-state index contributed by atoms with van der Waals surface area (Å²) in [6, 6.07) is 22.1. The monoisotopic (exact) mass is 474 g/mol. The summed E-state index contributed by atoms with van der Waals surface area (Å²) in [5.74, 6) is 0.141. The Bertz CT molecular complexity index is 1130. The zero-order valence-electron chi connectivity index (χ0n) is 16.6. The minimum Gasteiger partial charge on any atom is -0.368 e. The molecule has 4 nitrogen and oxygen atoms in total. The molecule has 3 aromatic rings. The number of benzene rings is 3. The number of guanidine groups is 1. The van der Waals surface area contributed by atoms with E-state index >= 15 is 0 Å². The van der Waals surface area contributed by atoms with Gasteiger partial charge in [0.2, 0.25) is 5.96 Å². The Balaban J connectivity index is 1.56. The van der Waals surface area contributed by atoms with E-state index in [4.69, 9.17) is 22.4 Å². The Morgan fingerprint density at radius 1 is 1.00 bits per heavy atom. The van der Waals surface area contributed by atoms with Crippen LogP contribution in [0.3, 0.4) is 0 Å². The molecule has 0 saturated heterocycles. The van der Waals surface area contributed by atoms with Crippen LogP contribution in [-0.2, 0) is 6.18 Å². The van der Waals surface area contributed by atoms with Crippen molar-refractivity contribution in [1.29, 1.82) is 0 Å². The minimum atomic E-state index is -4.37. The molecule has 0 bridgehead atoms. The lowest BCUT2D eigenvalue weighted by atomic mass is 9.91. The third kappa shape index (κ3) is 5.08. The van der Waals surface area contributed by atoms with E-state index in [9.17, 15) is 13.2 Å². The quantitative estimate of drug-likeness (QED) is 0.279. The molecule has 164 valence electrons. The van der Waals surface area contributed by atoms with Crippen molar-refractivity contribution in [3.8, 4) is 0 Å². The van der Waals surface area contributed by atoms with Crippen LogP contribution in [0.2, 0.25) is 5.02 Å². The summed E-state index contributed by atoms with van der Waals surface area (Å²) in [6.45, 7) is 0.491. The Labute approximate surface area is 192 Å². The molecule has 32 heavy (non-hydrogen) atoms. The van der Waals surface area contributed by atoms with Gasteiger partial charge in [0.15, 0.2) is 0 Å². The first-order valence-corrected chi connectivity index (χ1v) is 10.8. The maximum Gasteiger partial charge on any atom is 0.416 e. The average molecular weight is 475 g/mol. The van der Waals surface area contributed by atoms with Gasteiger partial charge >= 0.3 is 6.18 Å². The van der Waals surface area contributed by atoms with E-state index in [1.54, 1.807) is 5.01 Å². The van der Waals surface area contributed by atoms with Crippen molar-refractivity contribution in [3.05, 3.63) is 101 Å². The summed E-state index contributed by atoms with van der Waals surface area (Å²) in [4.78, 5) is 0.543. The molecule has 0 aromatic heterocycles. The van der Waals surface area contributed by atoms with Crippen molar-refractivity contribution >= 4 is 35.2 Å². The number of hydrazone groups is 1. The Morgan fingerprint density at radius 2 is 1.66 bits per heavy atom. The Hall–Kier alpha value is -2.97. The molecule has 0 saturated carbocycles. The number of halogens is 4. The summed E-state index contributed by atoms with van der Waals surface area (Å²) in [5, 5.41) is 6.94. The van der Waals surface area contributed by atoms with E-state index in [2.05, 4.69) is 4.40 Å². The first kappa shape index (κ1) is 22.2. The number of rotatable bonds is 4. The molecule has 1 aliphatic rings. The molecule has 1 heterocycles. The Morgan fingerprint density at radius 3 is 2.28 bits per heavy atom. The average Bonchev–Trinajstić information content (AvgIpc) is 3.24. The summed E-state index contributed by atoms with van der Waals surface area (Å²) in [5.41, 5.74) is 8.32. The van der Waals surface area contributed by atoms with Gasteiger partial charge in [-0.25, -0.2) is 5.01 Å². The van der Waals surface area contributed by atoms with Crippen molar-refractivity contribution in [2.45, 2.75) is 17.0 Å². The normalized spacial score (nSPS) is 16.9. The standard InChI is InChI=1S/C23H18ClF3N4S/c24-18-10-6-16(7-11-18)21-20(15-4-2-1-3-5-15)14-31(29-21)22(28)30-32-19-12-8-17(9-13-19)23(25,26)27/h1-13,20H,14H2,(H2,28,30). The molecule has 1 unspecified atom stereocenters. The second-order valence-electron chi connectivity index (χ2n) is 7.10. The third-order valence-corrected chi connectivity index (χ3v) is 5.96. The van der Waals surface area contributed by atoms with E-state index in [1.807, 2.05) is 54.6 Å². The van der Waals surface area contributed by atoms with Gasteiger partial charge in [0.05, 0.1) is 17.8 Å². The number of alkyl halides is 3. The highest BCUT2D eigenvalue weighted by atomic mass is 35.5. The summed E-state index contributed by atoms with van der Waals surface area (Å²) >= 11 is 7.03. The molecule has 3 aromatic carbocycles. The van der Waals surface area contributed by atoms with Gasteiger partial charge < -0.3 is 5.73 Å². The van der Waals surface area contributed by atoms with Crippen LogP contribution in [0.4, 0.5) is 13.2 Å². The first-order chi connectivity index (χ1) is 15.3. The lowest BCUT2D eigenvalue weighted by molar-refractivity contribution is -0.137. The van der Waals surface area contributed by atoms with Crippen LogP contribution < -0.4 is 5.73 Å². The van der Waals surface area contributed by atoms with Crippen LogP contribution in [0.1, 0.15) is 22.6 Å². The lowest BCUT2D eigenvalue weighted by Crippen LogP contribution is -2.32. The van der Waals surface area contributed by atoms with Crippen molar-refractivity contribution in [2.24, 2.45) is 15.2 Å². The van der Waals surface area contributed by atoms with Crippen LogP contribution >= 0.6 is 23.5 Å². The summed E-state index contributed by atoms with van der Waals surface area (Å²) < 4.78 is 42.5. The number of nitrogens with zero attached hydrogens (tertiary/aromatic N) is 3. The molecule has 0 radical (unpaired) electrons. The SMILES string of the molecule is N/C(=N/Sc1ccc(C(F)(F)F)cc1)N1CC(c2ccccc2)C(c2ccc(Cl)cc2)=N1. The highest BCUT2D eigenvalue weighted by Gasteiger charge is 2.31. The van der Waals surface area contributed by atoms with Gasteiger partial charge in [0.25, 0.3) is 0 Å². The van der Waals surface area contributed by atoms with Gasteiger partial charge in [0, 0.05) is 27.8 Å². The van der Waals surface area contributed by atoms with Crippen LogP contribution in [0.5, 0.6) is 0 Å². The molecule has 1 aliphatic heterocycles. The molecule has 0 amide bonds. The lowest BCUT2D eigenvalue weighted by Gasteiger charge is -2.15. The van der Waals surface area contributed by atoms with Gasteiger partial charge in [-0.3, -0.25) is 0 Å². The zero-order chi connectivity index (χ0) is 22.7. The zero-order valence-corrected chi connectivity index (χ0v) is 18.2. The molecule has 0 spiro atoms. The topological polar surface area (TPSA) is 54.0 Å². The predicted molar refractivity (Wildman–Crippen MR) is 123 cm³/mol. The summed E-state index contributed by atoms with van der Waals surface area (Å²) in [7, 11) is 0. The van der Waals surface area contributed by atoms with Crippen molar-refractivity contribution in [2.75, 3.05) is 6.54 Å². The molecular weight excluding hydrogens is 457 g/mol. The van der Waals surface area contributed by atoms with Crippen molar-refractivity contribution < 1.29 is 13.2 Å². The molecule has 9 heteroatoms. The van der Waals surface area contributed by atoms with Crippen LogP contribution in [0.15, 0.2) is 93.3 Å². The number of hydrogen-bond donors (Lipinski definition) is 1. The van der Waals surface area contributed by atoms with Gasteiger partial charge in [0.1, 0.15) is 0 Å². The molecule has 0 aliphatic carbocycles. The maximum atomic E-state index is 12.7. The number of nitrogens with two attached hydrogens (primary N) is 1. The van der Waals surface area contributed by atoms with E-state index in [1.165, 1.54) is 12.1 Å². The van der Waals surface area contributed by atoms with Crippen molar-refractivity contribution in [1.82, 2.24) is 5.01 Å².